The number of carbonyl (C=O) groups is 1. The smallest absolute Gasteiger partial charge is 0.347 e. The third-order valence-corrected chi connectivity index (χ3v) is 1.63. The fourth-order valence-corrected chi connectivity index (χ4v) is 0.922. The number of hydrogen-bond acceptors (Lipinski definition) is 2. The Morgan fingerprint density at radius 3 is 2.50 bits per heavy atom. The molecule has 1 aromatic rings. The van der Waals surface area contributed by atoms with Crippen LogP contribution in [0.3, 0.4) is 0 Å². The molecule has 0 N–H and O–H groups in total. The minimum atomic E-state index is -1.06. The van der Waals surface area contributed by atoms with Crippen molar-refractivity contribution in [3.63, 3.8) is 0 Å². The Hall–Kier alpha value is -0.720. The third-order valence-electron chi connectivity index (χ3n) is 1.23. The van der Waals surface area contributed by atoms with Crippen LogP contribution >= 0.6 is 23.0 Å². The zero-order valence-corrected chi connectivity index (χ0v) is 7.84. The average molecular weight is 284 g/mol. The quantitative estimate of drug-likeness (QED) is 0.740. The van der Waals surface area contributed by atoms with Crippen molar-refractivity contribution >= 4 is 29.0 Å². The molecule has 64 valence electrons. The highest BCUT2D eigenvalue weighted by Crippen LogP contribution is 2.10. The number of rotatable bonds is 1. The Bertz CT molecular complexity index is 314. The molecule has 5 heteroatoms. The number of benzene rings is 1. The van der Waals surface area contributed by atoms with E-state index < -0.39 is 17.6 Å². The third kappa shape index (κ3) is 1.90. The molecule has 0 bridgehead atoms. The van der Waals surface area contributed by atoms with Crippen LogP contribution in [0.5, 0.6) is 0 Å². The second-order valence-corrected chi connectivity index (χ2v) is 2.43. The van der Waals surface area contributed by atoms with Crippen molar-refractivity contribution in [1.29, 1.82) is 0 Å². The molecule has 0 fully saturated rings. The van der Waals surface area contributed by atoms with Crippen molar-refractivity contribution in [3.05, 3.63) is 35.4 Å². The minimum Gasteiger partial charge on any atom is -0.391 e. The SMILES string of the molecule is O=C(OI)c1ccc(F)c(F)c1. The Kier molecular flexibility index (Phi) is 2.96. The molecular weight excluding hydrogens is 281 g/mol. The highest BCUT2D eigenvalue weighted by Gasteiger charge is 2.09. The van der Waals surface area contributed by atoms with Crippen LogP contribution in [-0.2, 0) is 3.07 Å². The summed E-state index contributed by atoms with van der Waals surface area (Å²) in [5, 5.41) is 0. The molecule has 0 spiro atoms. The van der Waals surface area contributed by atoms with Gasteiger partial charge in [0.25, 0.3) is 0 Å². The van der Waals surface area contributed by atoms with Crippen LogP contribution in [0, 0.1) is 11.6 Å². The fourth-order valence-electron chi connectivity index (χ4n) is 0.668. The molecule has 0 saturated carbocycles. The zero-order valence-electron chi connectivity index (χ0n) is 5.68. The summed E-state index contributed by atoms with van der Waals surface area (Å²) in [4.78, 5) is 10.8. The van der Waals surface area contributed by atoms with E-state index in [1.807, 2.05) is 0 Å². The molecule has 0 aromatic heterocycles. The van der Waals surface area contributed by atoms with Crippen molar-refractivity contribution in [2.75, 3.05) is 0 Å². The van der Waals surface area contributed by atoms with Gasteiger partial charge in [-0.15, -0.1) is 0 Å². The predicted molar refractivity (Wildman–Crippen MR) is 45.8 cm³/mol. The Labute approximate surface area is 81.2 Å². The van der Waals surface area contributed by atoms with E-state index in [2.05, 4.69) is 3.07 Å². The van der Waals surface area contributed by atoms with Gasteiger partial charge in [-0.05, 0) is 18.2 Å². The van der Waals surface area contributed by atoms with Gasteiger partial charge in [-0.25, -0.2) is 13.6 Å². The lowest BCUT2D eigenvalue weighted by Gasteiger charge is -1.96. The average Bonchev–Trinajstić information content (AvgIpc) is 2.08. The zero-order chi connectivity index (χ0) is 9.14. The molecule has 12 heavy (non-hydrogen) atoms. The maximum Gasteiger partial charge on any atom is 0.347 e. The van der Waals surface area contributed by atoms with Crippen molar-refractivity contribution in [3.8, 4) is 0 Å². The van der Waals surface area contributed by atoms with Crippen LogP contribution in [0.15, 0.2) is 18.2 Å². The van der Waals surface area contributed by atoms with Gasteiger partial charge in [-0.3, -0.25) is 0 Å². The Balaban J connectivity index is 3.05. The van der Waals surface area contributed by atoms with Crippen molar-refractivity contribution in [1.82, 2.24) is 0 Å². The second kappa shape index (κ2) is 3.79. The molecule has 0 saturated heterocycles. The molecule has 0 radical (unpaired) electrons. The summed E-state index contributed by atoms with van der Waals surface area (Å²) in [5.74, 6) is -2.75. The van der Waals surface area contributed by atoms with Gasteiger partial charge in [0, 0.05) is 0 Å². The van der Waals surface area contributed by atoms with Gasteiger partial charge >= 0.3 is 5.97 Å². The monoisotopic (exact) mass is 284 g/mol. The molecular formula is C7H3F2IO2. The number of halogens is 3. The Morgan fingerprint density at radius 2 is 2.00 bits per heavy atom. The van der Waals surface area contributed by atoms with Gasteiger partial charge in [-0.2, -0.15) is 0 Å². The fraction of sp³-hybridized carbons (Fsp3) is 0. The molecule has 0 aliphatic rings. The van der Waals surface area contributed by atoms with E-state index in [1.165, 1.54) is 23.0 Å². The van der Waals surface area contributed by atoms with Crippen LogP contribution in [0.25, 0.3) is 0 Å². The van der Waals surface area contributed by atoms with Crippen molar-refractivity contribution in [2.45, 2.75) is 0 Å². The molecule has 0 aliphatic heterocycles. The van der Waals surface area contributed by atoms with Crippen molar-refractivity contribution < 1.29 is 16.6 Å². The van der Waals surface area contributed by atoms with E-state index in [-0.39, 0.29) is 5.56 Å². The summed E-state index contributed by atoms with van der Waals surface area (Å²) in [7, 11) is 0. The molecule has 1 aromatic carbocycles. The topological polar surface area (TPSA) is 26.3 Å². The summed E-state index contributed by atoms with van der Waals surface area (Å²) in [5.41, 5.74) is -0.0108. The second-order valence-electron chi connectivity index (χ2n) is 1.99. The molecule has 0 amide bonds. The Morgan fingerprint density at radius 1 is 1.33 bits per heavy atom. The molecule has 0 atom stereocenters. The molecule has 0 aliphatic carbocycles. The summed E-state index contributed by atoms with van der Waals surface area (Å²) in [6.45, 7) is 0. The van der Waals surface area contributed by atoms with E-state index in [4.69, 9.17) is 0 Å². The first-order valence-electron chi connectivity index (χ1n) is 2.93. The largest absolute Gasteiger partial charge is 0.391 e. The summed E-state index contributed by atoms with van der Waals surface area (Å²) in [6.07, 6.45) is 0. The molecule has 1 rings (SSSR count). The van der Waals surface area contributed by atoms with Crippen molar-refractivity contribution in [2.24, 2.45) is 0 Å². The first-order valence-corrected chi connectivity index (χ1v) is 3.81. The van der Waals surface area contributed by atoms with Crippen LogP contribution < -0.4 is 0 Å². The normalized spacial score (nSPS) is 9.58. The minimum absolute atomic E-state index is 0.0108. The molecule has 0 heterocycles. The number of hydrogen-bond donors (Lipinski definition) is 0. The van der Waals surface area contributed by atoms with Crippen LogP contribution in [0.1, 0.15) is 10.4 Å². The first kappa shape index (κ1) is 9.37. The van der Waals surface area contributed by atoms with Crippen LogP contribution in [-0.4, -0.2) is 5.97 Å². The van der Waals surface area contributed by atoms with E-state index in [1.54, 1.807) is 0 Å². The lowest BCUT2D eigenvalue weighted by atomic mass is 10.2. The maximum atomic E-state index is 12.5. The van der Waals surface area contributed by atoms with Crippen LogP contribution in [0.4, 0.5) is 8.78 Å². The highest BCUT2D eigenvalue weighted by molar-refractivity contribution is 14.1. The highest BCUT2D eigenvalue weighted by atomic mass is 127. The lowest BCUT2D eigenvalue weighted by molar-refractivity contribution is 0.0799. The van der Waals surface area contributed by atoms with E-state index in [0.29, 0.717) is 0 Å². The summed E-state index contributed by atoms with van der Waals surface area (Å²) >= 11 is 1.37. The van der Waals surface area contributed by atoms with E-state index >= 15 is 0 Å². The lowest BCUT2D eigenvalue weighted by Crippen LogP contribution is -1.99. The van der Waals surface area contributed by atoms with Gasteiger partial charge in [0.05, 0.1) is 5.56 Å². The maximum absolute atomic E-state index is 12.5. The predicted octanol–water partition coefficient (Wildman–Crippen LogP) is 2.47. The van der Waals surface area contributed by atoms with Gasteiger partial charge in [-0.1, -0.05) is 0 Å². The molecule has 0 unspecified atom stereocenters. The standard InChI is InChI=1S/C7H3F2IO2/c8-5-2-1-4(3-6(5)9)7(11)12-10/h1-3H. The van der Waals surface area contributed by atoms with E-state index in [0.717, 1.165) is 18.2 Å². The number of carbonyl (C=O) groups excluding carboxylic acids is 1. The summed E-state index contributed by atoms with van der Waals surface area (Å²) < 4.78 is 29.1. The molecule has 2 nitrogen and oxygen atoms in total. The van der Waals surface area contributed by atoms with Gasteiger partial charge in [0.15, 0.2) is 34.6 Å². The van der Waals surface area contributed by atoms with Crippen LogP contribution in [0.2, 0.25) is 0 Å². The first-order chi connectivity index (χ1) is 5.65. The van der Waals surface area contributed by atoms with E-state index in [9.17, 15) is 13.6 Å². The van der Waals surface area contributed by atoms with Gasteiger partial charge in [0.1, 0.15) is 0 Å². The van der Waals surface area contributed by atoms with Gasteiger partial charge in [0.2, 0.25) is 0 Å². The summed E-state index contributed by atoms with van der Waals surface area (Å²) in [6, 6.07) is 2.81. The van der Waals surface area contributed by atoms with Gasteiger partial charge < -0.3 is 3.07 Å².